The summed E-state index contributed by atoms with van der Waals surface area (Å²) in [6.07, 6.45) is 4.07. The van der Waals surface area contributed by atoms with Gasteiger partial charge in [0.2, 0.25) is 5.91 Å². The van der Waals surface area contributed by atoms with Gasteiger partial charge in [-0.2, -0.15) is 0 Å². The van der Waals surface area contributed by atoms with Crippen LogP contribution in [0.1, 0.15) is 37.1 Å². The number of thiophene rings is 1. The van der Waals surface area contributed by atoms with E-state index in [9.17, 15) is 9.59 Å². The minimum Gasteiger partial charge on any atom is -0.355 e. The first-order chi connectivity index (χ1) is 11.0. The van der Waals surface area contributed by atoms with E-state index in [4.69, 9.17) is 0 Å². The van der Waals surface area contributed by atoms with E-state index in [0.717, 1.165) is 35.9 Å². The van der Waals surface area contributed by atoms with E-state index < -0.39 is 0 Å². The molecule has 7 heteroatoms. The average molecular weight is 351 g/mol. The van der Waals surface area contributed by atoms with Crippen LogP contribution < -0.4 is 10.9 Å². The predicted octanol–water partition coefficient (Wildman–Crippen LogP) is 2.49. The first-order valence-electron chi connectivity index (χ1n) is 7.98. The fourth-order valence-electron chi connectivity index (χ4n) is 2.81. The van der Waals surface area contributed by atoms with Gasteiger partial charge in [-0.3, -0.25) is 14.2 Å². The third-order valence-electron chi connectivity index (χ3n) is 4.11. The summed E-state index contributed by atoms with van der Waals surface area (Å²) in [7, 11) is 1.74. The second kappa shape index (κ2) is 6.65. The van der Waals surface area contributed by atoms with Crippen molar-refractivity contribution in [1.29, 1.82) is 0 Å². The summed E-state index contributed by atoms with van der Waals surface area (Å²) in [6.45, 7) is 4.54. The molecule has 0 fully saturated rings. The van der Waals surface area contributed by atoms with E-state index >= 15 is 0 Å². The van der Waals surface area contributed by atoms with Crippen LogP contribution in [0.15, 0.2) is 9.95 Å². The number of thioether (sulfide) groups is 1. The Balaban J connectivity index is 1.92. The van der Waals surface area contributed by atoms with E-state index in [1.165, 1.54) is 22.2 Å². The minimum atomic E-state index is -0.274. The minimum absolute atomic E-state index is 0.0121. The Bertz CT molecular complexity index is 810. The van der Waals surface area contributed by atoms with E-state index in [1.807, 2.05) is 13.8 Å². The molecule has 1 N–H and O–H groups in total. The van der Waals surface area contributed by atoms with E-state index in [1.54, 1.807) is 23.0 Å². The number of carbonyl (C=O) groups is 1. The van der Waals surface area contributed by atoms with Crippen LogP contribution >= 0.6 is 23.1 Å². The first kappa shape index (κ1) is 16.5. The van der Waals surface area contributed by atoms with Crippen LogP contribution in [0.4, 0.5) is 0 Å². The molecule has 2 aromatic rings. The van der Waals surface area contributed by atoms with Crippen LogP contribution in [0.3, 0.4) is 0 Å². The quantitative estimate of drug-likeness (QED) is 0.664. The number of aryl methyl sites for hydroxylation is 2. The largest absolute Gasteiger partial charge is 0.355 e. The van der Waals surface area contributed by atoms with Gasteiger partial charge in [0, 0.05) is 18.5 Å². The van der Waals surface area contributed by atoms with Crippen molar-refractivity contribution in [2.45, 2.75) is 49.9 Å². The lowest BCUT2D eigenvalue weighted by molar-refractivity contribution is -0.120. The van der Waals surface area contributed by atoms with Crippen LogP contribution in [0.5, 0.6) is 0 Å². The molecule has 1 aliphatic carbocycles. The molecule has 0 radical (unpaired) electrons. The maximum atomic E-state index is 12.7. The Hall–Kier alpha value is -1.34. The molecule has 0 saturated heterocycles. The molecule has 2 aromatic heterocycles. The summed E-state index contributed by atoms with van der Waals surface area (Å²) in [4.78, 5) is 31.5. The van der Waals surface area contributed by atoms with Crippen molar-refractivity contribution in [2.24, 2.45) is 7.05 Å². The van der Waals surface area contributed by atoms with Gasteiger partial charge < -0.3 is 5.32 Å². The highest BCUT2D eigenvalue weighted by Gasteiger charge is 2.24. The zero-order valence-corrected chi connectivity index (χ0v) is 15.3. The zero-order valence-electron chi connectivity index (χ0n) is 13.6. The second-order valence-corrected chi connectivity index (χ2v) is 8.24. The molecule has 2 heterocycles. The SMILES string of the molecule is CCCNC(=O)C(C)Sc1nc2sc3c(c2c(=O)n1C)CCC3. The van der Waals surface area contributed by atoms with Crippen LogP contribution in [0.25, 0.3) is 10.2 Å². The van der Waals surface area contributed by atoms with Crippen LogP contribution in [-0.2, 0) is 24.7 Å². The molecule has 124 valence electrons. The van der Waals surface area contributed by atoms with E-state index in [0.29, 0.717) is 11.7 Å². The van der Waals surface area contributed by atoms with Crippen LogP contribution in [0, 0.1) is 0 Å². The molecule has 3 rings (SSSR count). The number of fused-ring (bicyclic) bond motifs is 3. The molecule has 0 aliphatic heterocycles. The Labute approximate surface area is 143 Å². The normalized spacial score (nSPS) is 14.9. The Morgan fingerprint density at radius 2 is 2.26 bits per heavy atom. The summed E-state index contributed by atoms with van der Waals surface area (Å²) in [5.74, 6) is -0.0140. The highest BCUT2D eigenvalue weighted by Crippen LogP contribution is 2.35. The number of hydrogen-bond donors (Lipinski definition) is 1. The summed E-state index contributed by atoms with van der Waals surface area (Å²) in [6, 6.07) is 0. The number of nitrogens with one attached hydrogen (secondary N) is 1. The second-order valence-electron chi connectivity index (χ2n) is 5.85. The molecule has 1 amide bonds. The van der Waals surface area contributed by atoms with Crippen LogP contribution in [0.2, 0.25) is 0 Å². The highest BCUT2D eigenvalue weighted by molar-refractivity contribution is 8.00. The monoisotopic (exact) mass is 351 g/mol. The van der Waals surface area contributed by atoms with Gasteiger partial charge >= 0.3 is 0 Å². The fourth-order valence-corrected chi connectivity index (χ4v) is 5.02. The van der Waals surface area contributed by atoms with Crippen molar-refractivity contribution in [2.75, 3.05) is 6.54 Å². The van der Waals surface area contributed by atoms with Gasteiger partial charge in [0.25, 0.3) is 5.56 Å². The molecular formula is C16H21N3O2S2. The topological polar surface area (TPSA) is 64.0 Å². The molecular weight excluding hydrogens is 330 g/mol. The molecule has 23 heavy (non-hydrogen) atoms. The lowest BCUT2D eigenvalue weighted by Crippen LogP contribution is -2.32. The third kappa shape index (κ3) is 3.04. The van der Waals surface area contributed by atoms with Gasteiger partial charge in [-0.25, -0.2) is 4.98 Å². The summed E-state index contributed by atoms with van der Waals surface area (Å²) < 4.78 is 1.59. The van der Waals surface area contributed by atoms with Crippen molar-refractivity contribution in [1.82, 2.24) is 14.9 Å². The molecule has 0 saturated carbocycles. The molecule has 1 unspecified atom stereocenters. The highest BCUT2D eigenvalue weighted by atomic mass is 32.2. The van der Waals surface area contributed by atoms with Crippen LogP contribution in [-0.4, -0.2) is 27.3 Å². The standard InChI is InChI=1S/C16H21N3O2S2/c1-4-8-17-13(20)9(2)22-16-18-14-12(15(21)19(16)3)10-6-5-7-11(10)23-14/h9H,4-8H2,1-3H3,(H,17,20). The summed E-state index contributed by atoms with van der Waals surface area (Å²) in [5.41, 5.74) is 1.21. The number of carbonyl (C=O) groups excluding carboxylic acids is 1. The van der Waals surface area contributed by atoms with Crippen molar-refractivity contribution >= 4 is 39.2 Å². The van der Waals surface area contributed by atoms with E-state index in [-0.39, 0.29) is 16.7 Å². The number of nitrogens with zero attached hydrogens (tertiary/aromatic N) is 2. The van der Waals surface area contributed by atoms with Gasteiger partial charge in [0.15, 0.2) is 5.16 Å². The third-order valence-corrected chi connectivity index (χ3v) is 6.44. The first-order valence-corrected chi connectivity index (χ1v) is 9.68. The number of amides is 1. The zero-order chi connectivity index (χ0) is 16.6. The van der Waals surface area contributed by atoms with E-state index in [2.05, 4.69) is 10.3 Å². The van der Waals surface area contributed by atoms with Gasteiger partial charge in [0.05, 0.1) is 10.6 Å². The van der Waals surface area contributed by atoms with Crippen molar-refractivity contribution in [3.63, 3.8) is 0 Å². The Morgan fingerprint density at radius 1 is 1.48 bits per heavy atom. The predicted molar refractivity (Wildman–Crippen MR) is 95.5 cm³/mol. The number of rotatable bonds is 5. The molecule has 0 bridgehead atoms. The Kier molecular flexibility index (Phi) is 4.77. The lowest BCUT2D eigenvalue weighted by Gasteiger charge is -2.13. The number of aromatic nitrogens is 2. The smallest absolute Gasteiger partial charge is 0.262 e. The maximum absolute atomic E-state index is 12.7. The van der Waals surface area contributed by atoms with Crippen molar-refractivity contribution < 1.29 is 4.79 Å². The van der Waals surface area contributed by atoms with Gasteiger partial charge in [-0.05, 0) is 38.2 Å². The molecule has 0 aromatic carbocycles. The van der Waals surface area contributed by atoms with Gasteiger partial charge in [0.1, 0.15) is 4.83 Å². The maximum Gasteiger partial charge on any atom is 0.262 e. The van der Waals surface area contributed by atoms with Crippen molar-refractivity contribution in [3.8, 4) is 0 Å². The lowest BCUT2D eigenvalue weighted by atomic mass is 10.2. The number of hydrogen-bond acceptors (Lipinski definition) is 5. The summed E-state index contributed by atoms with van der Waals surface area (Å²) >= 11 is 2.98. The molecule has 5 nitrogen and oxygen atoms in total. The van der Waals surface area contributed by atoms with Gasteiger partial charge in [-0.1, -0.05) is 18.7 Å². The molecule has 0 spiro atoms. The molecule has 1 atom stereocenters. The van der Waals surface area contributed by atoms with Crippen molar-refractivity contribution in [3.05, 3.63) is 20.8 Å². The Morgan fingerprint density at radius 3 is 3.00 bits per heavy atom. The van der Waals surface area contributed by atoms with Gasteiger partial charge in [-0.15, -0.1) is 11.3 Å². The fraction of sp³-hybridized carbons (Fsp3) is 0.562. The average Bonchev–Trinajstić information content (AvgIpc) is 3.10. The summed E-state index contributed by atoms with van der Waals surface area (Å²) in [5, 5.41) is 4.01. The molecule has 1 aliphatic rings.